The number of nitrogens with two attached hydrogens (primary N) is 1. The summed E-state index contributed by atoms with van der Waals surface area (Å²) in [7, 11) is 0. The molecule has 0 radical (unpaired) electrons. The predicted molar refractivity (Wildman–Crippen MR) is 108 cm³/mol. The van der Waals surface area contributed by atoms with Gasteiger partial charge in [-0.2, -0.15) is 0 Å². The van der Waals surface area contributed by atoms with E-state index in [4.69, 9.17) is 10.5 Å². The number of carbonyl (C=O) groups is 2. The Morgan fingerprint density at radius 2 is 2.00 bits per heavy atom. The number of ether oxygens (including phenoxy) is 1. The van der Waals surface area contributed by atoms with Crippen molar-refractivity contribution in [2.45, 2.75) is 52.0 Å². The number of anilines is 1. The normalized spacial score (nSPS) is 15.0. The molecule has 2 aromatic rings. The smallest absolute Gasteiger partial charge is 0.339 e. The van der Waals surface area contributed by atoms with Crippen LogP contribution in [0.2, 0.25) is 0 Å². The van der Waals surface area contributed by atoms with Gasteiger partial charge in [0.2, 0.25) is 5.91 Å². The Morgan fingerprint density at radius 1 is 1.32 bits per heavy atom. The Bertz CT molecular complexity index is 917. The molecule has 1 aliphatic rings. The Morgan fingerprint density at radius 3 is 2.64 bits per heavy atom. The van der Waals surface area contributed by atoms with Crippen molar-refractivity contribution >= 4 is 28.5 Å². The van der Waals surface area contributed by atoms with Crippen molar-refractivity contribution in [3.63, 3.8) is 0 Å². The SMILES string of the molecule is Cc1nc2cccc(OCC(C)(C)NC(=O)C3CCCC3)c2c(N)c1C(=O)O. The molecule has 4 N–H and O–H groups in total. The maximum absolute atomic E-state index is 12.4. The number of hydrogen-bond donors (Lipinski definition) is 3. The van der Waals surface area contributed by atoms with Crippen molar-refractivity contribution in [1.82, 2.24) is 10.3 Å². The second-order valence-electron chi connectivity index (χ2n) is 8.08. The molecule has 1 saturated carbocycles. The van der Waals surface area contributed by atoms with Crippen LogP contribution >= 0.6 is 0 Å². The van der Waals surface area contributed by atoms with Crippen LogP contribution in [-0.2, 0) is 4.79 Å². The average Bonchev–Trinajstić information content (AvgIpc) is 3.13. The molecule has 1 aromatic heterocycles. The van der Waals surface area contributed by atoms with E-state index >= 15 is 0 Å². The molecule has 0 bridgehead atoms. The first-order chi connectivity index (χ1) is 13.2. The van der Waals surface area contributed by atoms with Crippen molar-refractivity contribution in [3.8, 4) is 5.75 Å². The van der Waals surface area contributed by atoms with Gasteiger partial charge in [0.25, 0.3) is 0 Å². The van der Waals surface area contributed by atoms with Crippen molar-refractivity contribution < 1.29 is 19.4 Å². The summed E-state index contributed by atoms with van der Waals surface area (Å²) in [4.78, 5) is 28.3. The first kappa shape index (κ1) is 19.9. The van der Waals surface area contributed by atoms with Crippen LogP contribution in [-0.4, -0.2) is 34.1 Å². The third-order valence-corrected chi connectivity index (χ3v) is 5.18. The minimum Gasteiger partial charge on any atom is -0.490 e. The minimum absolute atomic E-state index is 0.0163. The predicted octanol–water partition coefficient (Wildman–Crippen LogP) is 3.29. The highest BCUT2D eigenvalue weighted by molar-refractivity contribution is 6.06. The van der Waals surface area contributed by atoms with E-state index in [9.17, 15) is 14.7 Å². The van der Waals surface area contributed by atoms with Crippen LogP contribution < -0.4 is 15.8 Å². The highest BCUT2D eigenvalue weighted by Gasteiger charge is 2.29. The molecule has 1 fully saturated rings. The summed E-state index contributed by atoms with van der Waals surface area (Å²) < 4.78 is 5.98. The van der Waals surface area contributed by atoms with Gasteiger partial charge in [0.1, 0.15) is 17.9 Å². The highest BCUT2D eigenvalue weighted by Crippen LogP contribution is 2.34. The van der Waals surface area contributed by atoms with E-state index in [0.29, 0.717) is 22.3 Å². The maximum atomic E-state index is 12.4. The zero-order valence-corrected chi connectivity index (χ0v) is 16.5. The average molecular weight is 385 g/mol. The van der Waals surface area contributed by atoms with Gasteiger partial charge >= 0.3 is 5.97 Å². The minimum atomic E-state index is -1.12. The number of nitrogens with zero attached hydrogens (tertiary/aromatic N) is 1. The second-order valence-corrected chi connectivity index (χ2v) is 8.08. The number of carboxylic acid groups (broad SMARTS) is 1. The lowest BCUT2D eigenvalue weighted by atomic mass is 10.0. The van der Waals surface area contributed by atoms with Gasteiger partial charge in [-0.25, -0.2) is 4.79 Å². The summed E-state index contributed by atoms with van der Waals surface area (Å²) in [5, 5.41) is 13.0. The Labute approximate surface area is 164 Å². The molecule has 0 saturated heterocycles. The van der Waals surface area contributed by atoms with Gasteiger partial charge in [0.05, 0.1) is 27.8 Å². The van der Waals surface area contributed by atoms with E-state index in [0.717, 1.165) is 25.7 Å². The third-order valence-electron chi connectivity index (χ3n) is 5.18. The van der Waals surface area contributed by atoms with Crippen LogP contribution in [0, 0.1) is 12.8 Å². The third kappa shape index (κ3) is 4.03. The molecule has 1 aliphatic carbocycles. The number of aromatic carboxylic acids is 1. The van der Waals surface area contributed by atoms with Gasteiger partial charge in [-0.3, -0.25) is 9.78 Å². The lowest BCUT2D eigenvalue weighted by molar-refractivity contribution is -0.126. The molecule has 0 aliphatic heterocycles. The van der Waals surface area contributed by atoms with Crippen LogP contribution in [0.5, 0.6) is 5.75 Å². The van der Waals surface area contributed by atoms with E-state index in [2.05, 4.69) is 10.3 Å². The molecular weight excluding hydrogens is 358 g/mol. The molecular formula is C21H27N3O4. The van der Waals surface area contributed by atoms with Gasteiger partial charge in [-0.15, -0.1) is 0 Å². The van der Waals surface area contributed by atoms with Crippen LogP contribution in [0.15, 0.2) is 18.2 Å². The summed E-state index contributed by atoms with van der Waals surface area (Å²) in [6.45, 7) is 5.65. The Balaban J connectivity index is 1.82. The lowest BCUT2D eigenvalue weighted by Crippen LogP contribution is -2.49. The van der Waals surface area contributed by atoms with Gasteiger partial charge < -0.3 is 20.9 Å². The number of nitrogens with one attached hydrogen (secondary N) is 1. The number of carbonyl (C=O) groups excluding carboxylic acids is 1. The number of benzene rings is 1. The standard InChI is InChI=1S/C21H27N3O4/c1-12-16(20(26)27)18(22)17-14(23-12)9-6-10-15(17)28-11-21(2,3)24-19(25)13-7-4-5-8-13/h6,9-10,13H,4-5,7-8,11H2,1-3H3,(H2,22,23)(H,24,25)(H,26,27). The lowest BCUT2D eigenvalue weighted by Gasteiger charge is -2.28. The summed E-state index contributed by atoms with van der Waals surface area (Å²) >= 11 is 0. The van der Waals surface area contributed by atoms with Crippen molar-refractivity contribution in [2.75, 3.05) is 12.3 Å². The molecule has 1 aromatic carbocycles. The van der Waals surface area contributed by atoms with Crippen molar-refractivity contribution in [3.05, 3.63) is 29.5 Å². The Hall–Kier alpha value is -2.83. The van der Waals surface area contributed by atoms with Crippen LogP contribution in [0.4, 0.5) is 5.69 Å². The summed E-state index contributed by atoms with van der Waals surface area (Å²) in [5.74, 6) is -0.525. The number of carboxylic acids is 1. The monoisotopic (exact) mass is 385 g/mol. The fraction of sp³-hybridized carbons (Fsp3) is 0.476. The van der Waals surface area contributed by atoms with E-state index < -0.39 is 11.5 Å². The van der Waals surface area contributed by atoms with Crippen LogP contribution in [0.3, 0.4) is 0 Å². The molecule has 28 heavy (non-hydrogen) atoms. The number of fused-ring (bicyclic) bond motifs is 1. The van der Waals surface area contributed by atoms with Gasteiger partial charge in [0.15, 0.2) is 0 Å². The number of rotatable bonds is 6. The zero-order valence-electron chi connectivity index (χ0n) is 16.5. The van der Waals surface area contributed by atoms with E-state index in [1.807, 2.05) is 13.8 Å². The fourth-order valence-corrected chi connectivity index (χ4v) is 3.75. The molecule has 0 spiro atoms. The van der Waals surface area contributed by atoms with Crippen molar-refractivity contribution in [2.24, 2.45) is 5.92 Å². The van der Waals surface area contributed by atoms with Gasteiger partial charge in [-0.1, -0.05) is 18.9 Å². The number of nitrogen functional groups attached to an aromatic ring is 1. The first-order valence-electron chi connectivity index (χ1n) is 9.56. The number of hydrogen-bond acceptors (Lipinski definition) is 5. The van der Waals surface area contributed by atoms with Gasteiger partial charge in [0, 0.05) is 5.92 Å². The molecule has 7 heteroatoms. The van der Waals surface area contributed by atoms with E-state index in [1.165, 1.54) is 0 Å². The van der Waals surface area contributed by atoms with E-state index in [1.54, 1.807) is 25.1 Å². The van der Waals surface area contributed by atoms with E-state index in [-0.39, 0.29) is 29.7 Å². The largest absolute Gasteiger partial charge is 0.490 e. The molecule has 1 heterocycles. The van der Waals surface area contributed by atoms with Crippen LogP contribution in [0.1, 0.15) is 55.6 Å². The zero-order chi connectivity index (χ0) is 20.5. The Kier molecular flexibility index (Phi) is 5.45. The summed E-state index contributed by atoms with van der Waals surface area (Å²) in [6.07, 6.45) is 4.07. The topological polar surface area (TPSA) is 115 Å². The first-order valence-corrected chi connectivity index (χ1v) is 9.56. The second kappa shape index (κ2) is 7.66. The fourth-order valence-electron chi connectivity index (χ4n) is 3.75. The maximum Gasteiger partial charge on any atom is 0.339 e. The number of aryl methyl sites for hydroxylation is 1. The van der Waals surface area contributed by atoms with Gasteiger partial charge in [-0.05, 0) is 45.7 Å². The molecule has 0 atom stereocenters. The molecule has 150 valence electrons. The van der Waals surface area contributed by atoms with Crippen LogP contribution in [0.25, 0.3) is 10.9 Å². The molecule has 3 rings (SSSR count). The molecule has 1 amide bonds. The molecule has 0 unspecified atom stereocenters. The van der Waals surface area contributed by atoms with Crippen molar-refractivity contribution in [1.29, 1.82) is 0 Å². The summed E-state index contributed by atoms with van der Waals surface area (Å²) in [5.41, 5.74) is 6.63. The number of amides is 1. The highest BCUT2D eigenvalue weighted by atomic mass is 16.5. The quantitative estimate of drug-likeness (QED) is 0.703. The number of pyridine rings is 1. The summed E-state index contributed by atoms with van der Waals surface area (Å²) in [6, 6.07) is 5.29. The number of aromatic nitrogens is 1. The molecule has 7 nitrogen and oxygen atoms in total.